The Morgan fingerprint density at radius 1 is 1.15 bits per heavy atom. The first kappa shape index (κ1) is 18.3. The largest absolute Gasteiger partial charge is 0.490 e. The first-order valence-electron chi connectivity index (χ1n) is 8.03. The highest BCUT2D eigenvalue weighted by Crippen LogP contribution is 2.25. The van der Waals surface area contributed by atoms with Gasteiger partial charge in [-0.25, -0.2) is 4.98 Å². The summed E-state index contributed by atoms with van der Waals surface area (Å²) in [7, 11) is 0. The Morgan fingerprint density at radius 3 is 2.77 bits per heavy atom. The maximum atomic E-state index is 12.3. The smallest absolute Gasteiger partial charge is 0.228 e. The van der Waals surface area contributed by atoms with Gasteiger partial charge in [0.15, 0.2) is 0 Å². The zero-order chi connectivity index (χ0) is 18.4. The summed E-state index contributed by atoms with van der Waals surface area (Å²) in [5.41, 5.74) is 1.42. The molecule has 134 valence electrons. The second kappa shape index (κ2) is 8.74. The Morgan fingerprint density at radius 2 is 2.00 bits per heavy atom. The van der Waals surface area contributed by atoms with E-state index in [4.69, 9.17) is 27.9 Å². The number of hydrogen-bond acceptors (Lipinski definition) is 3. The molecule has 3 aromatic rings. The molecule has 3 rings (SSSR count). The van der Waals surface area contributed by atoms with Gasteiger partial charge in [0.2, 0.25) is 5.91 Å². The molecule has 0 unspecified atom stereocenters. The molecule has 7 heteroatoms. The van der Waals surface area contributed by atoms with Gasteiger partial charge < -0.3 is 14.6 Å². The van der Waals surface area contributed by atoms with Crippen LogP contribution >= 0.6 is 23.2 Å². The highest BCUT2D eigenvalue weighted by Gasteiger charge is 2.09. The van der Waals surface area contributed by atoms with Crippen LogP contribution in [0.15, 0.2) is 61.2 Å². The van der Waals surface area contributed by atoms with Crippen LogP contribution in [0.5, 0.6) is 5.75 Å². The van der Waals surface area contributed by atoms with E-state index in [0.29, 0.717) is 34.6 Å². The average Bonchev–Trinajstić information content (AvgIpc) is 3.13. The van der Waals surface area contributed by atoms with Crippen LogP contribution in [0.25, 0.3) is 0 Å². The van der Waals surface area contributed by atoms with Crippen LogP contribution in [0.2, 0.25) is 10.0 Å². The number of halogens is 2. The van der Waals surface area contributed by atoms with Crippen LogP contribution in [-0.2, 0) is 17.8 Å². The lowest BCUT2D eigenvalue weighted by Gasteiger charge is -2.13. The SMILES string of the molecule is O=C(Cc1ccc(Cl)c(Cl)c1)Nc1ccccc1OCCn1ccnc1. The molecule has 0 fully saturated rings. The quantitative estimate of drug-likeness (QED) is 0.649. The van der Waals surface area contributed by atoms with Crippen molar-refractivity contribution in [3.8, 4) is 5.75 Å². The van der Waals surface area contributed by atoms with Crippen molar-refractivity contribution in [1.29, 1.82) is 0 Å². The van der Waals surface area contributed by atoms with E-state index in [1.807, 2.05) is 29.0 Å². The molecule has 1 amide bonds. The number of imidazole rings is 1. The van der Waals surface area contributed by atoms with Crippen molar-refractivity contribution in [2.24, 2.45) is 0 Å². The number of benzene rings is 2. The number of nitrogens with zero attached hydrogens (tertiary/aromatic N) is 2. The van der Waals surface area contributed by atoms with E-state index in [2.05, 4.69) is 10.3 Å². The average molecular weight is 390 g/mol. The summed E-state index contributed by atoms with van der Waals surface area (Å²) < 4.78 is 7.72. The van der Waals surface area contributed by atoms with E-state index < -0.39 is 0 Å². The van der Waals surface area contributed by atoms with Gasteiger partial charge in [0.25, 0.3) is 0 Å². The number of hydrogen-bond donors (Lipinski definition) is 1. The van der Waals surface area contributed by atoms with E-state index in [1.54, 1.807) is 36.8 Å². The summed E-state index contributed by atoms with van der Waals surface area (Å²) in [4.78, 5) is 16.3. The molecule has 1 heterocycles. The minimum atomic E-state index is -0.158. The van der Waals surface area contributed by atoms with Crippen molar-refractivity contribution in [1.82, 2.24) is 9.55 Å². The second-order valence-corrected chi connectivity index (χ2v) is 6.43. The van der Waals surface area contributed by atoms with Crippen LogP contribution < -0.4 is 10.1 Å². The second-order valence-electron chi connectivity index (χ2n) is 5.62. The number of carbonyl (C=O) groups excluding carboxylic acids is 1. The summed E-state index contributed by atoms with van der Waals surface area (Å²) in [5.74, 6) is 0.462. The molecular formula is C19H17Cl2N3O2. The third-order valence-corrected chi connectivity index (χ3v) is 4.42. The van der Waals surface area contributed by atoms with Gasteiger partial charge in [-0.2, -0.15) is 0 Å². The fourth-order valence-corrected chi connectivity index (χ4v) is 2.73. The maximum absolute atomic E-state index is 12.3. The van der Waals surface area contributed by atoms with Gasteiger partial charge in [0.1, 0.15) is 12.4 Å². The van der Waals surface area contributed by atoms with E-state index in [0.717, 1.165) is 5.56 Å². The number of amides is 1. The lowest BCUT2D eigenvalue weighted by atomic mass is 10.1. The van der Waals surface area contributed by atoms with Gasteiger partial charge in [0, 0.05) is 12.4 Å². The Labute approximate surface area is 161 Å². The first-order chi connectivity index (χ1) is 12.6. The Bertz CT molecular complexity index is 882. The van der Waals surface area contributed by atoms with E-state index >= 15 is 0 Å². The number of anilines is 1. The van der Waals surface area contributed by atoms with Crippen molar-refractivity contribution in [2.75, 3.05) is 11.9 Å². The highest BCUT2D eigenvalue weighted by molar-refractivity contribution is 6.42. The molecule has 0 radical (unpaired) electrons. The third kappa shape index (κ3) is 5.00. The molecule has 0 spiro atoms. The van der Waals surface area contributed by atoms with Gasteiger partial charge in [-0.15, -0.1) is 0 Å². The Kier molecular flexibility index (Phi) is 6.15. The minimum Gasteiger partial charge on any atom is -0.490 e. The highest BCUT2D eigenvalue weighted by atomic mass is 35.5. The monoisotopic (exact) mass is 389 g/mol. The van der Waals surface area contributed by atoms with Gasteiger partial charge >= 0.3 is 0 Å². The van der Waals surface area contributed by atoms with Gasteiger partial charge in [0.05, 0.1) is 35.0 Å². The summed E-state index contributed by atoms with van der Waals surface area (Å²) >= 11 is 11.9. The summed E-state index contributed by atoms with van der Waals surface area (Å²) in [6, 6.07) is 12.5. The van der Waals surface area contributed by atoms with E-state index in [-0.39, 0.29) is 12.3 Å². The minimum absolute atomic E-state index is 0.158. The predicted octanol–water partition coefficient (Wildman–Crippen LogP) is 4.45. The van der Waals surface area contributed by atoms with E-state index in [9.17, 15) is 4.79 Å². The van der Waals surface area contributed by atoms with Gasteiger partial charge in [-0.1, -0.05) is 41.4 Å². The number of nitrogens with one attached hydrogen (secondary N) is 1. The van der Waals surface area contributed by atoms with Crippen LogP contribution in [0.1, 0.15) is 5.56 Å². The van der Waals surface area contributed by atoms with Crippen LogP contribution in [0.3, 0.4) is 0 Å². The number of aromatic nitrogens is 2. The molecule has 1 N–H and O–H groups in total. The molecule has 1 aromatic heterocycles. The molecule has 0 aliphatic carbocycles. The topological polar surface area (TPSA) is 56.1 Å². The fraction of sp³-hybridized carbons (Fsp3) is 0.158. The van der Waals surface area contributed by atoms with Gasteiger partial charge in [-0.05, 0) is 29.8 Å². The molecule has 0 saturated heterocycles. The predicted molar refractivity (Wildman–Crippen MR) is 103 cm³/mol. The molecular weight excluding hydrogens is 373 g/mol. The lowest BCUT2D eigenvalue weighted by molar-refractivity contribution is -0.115. The van der Waals surface area contributed by atoms with Gasteiger partial charge in [-0.3, -0.25) is 4.79 Å². The van der Waals surface area contributed by atoms with Crippen LogP contribution in [-0.4, -0.2) is 22.1 Å². The van der Waals surface area contributed by atoms with Crippen molar-refractivity contribution >= 4 is 34.8 Å². The zero-order valence-corrected chi connectivity index (χ0v) is 15.4. The first-order valence-corrected chi connectivity index (χ1v) is 8.79. The van der Waals surface area contributed by atoms with E-state index in [1.165, 1.54) is 0 Å². The summed E-state index contributed by atoms with van der Waals surface area (Å²) in [5, 5.41) is 3.77. The molecule has 0 aliphatic rings. The Balaban J connectivity index is 1.59. The normalized spacial score (nSPS) is 10.5. The molecule has 0 saturated carbocycles. The summed E-state index contributed by atoms with van der Waals surface area (Å²) in [6.45, 7) is 1.14. The van der Waals surface area contributed by atoms with Crippen LogP contribution in [0, 0.1) is 0 Å². The molecule has 2 aromatic carbocycles. The molecule has 26 heavy (non-hydrogen) atoms. The number of ether oxygens (including phenoxy) is 1. The number of para-hydroxylation sites is 2. The molecule has 0 bridgehead atoms. The maximum Gasteiger partial charge on any atom is 0.228 e. The molecule has 0 atom stereocenters. The van der Waals surface area contributed by atoms with Crippen molar-refractivity contribution in [3.05, 3.63) is 76.8 Å². The van der Waals surface area contributed by atoms with Crippen molar-refractivity contribution in [3.63, 3.8) is 0 Å². The Hall–Kier alpha value is -2.50. The van der Waals surface area contributed by atoms with Crippen molar-refractivity contribution < 1.29 is 9.53 Å². The zero-order valence-electron chi connectivity index (χ0n) is 13.9. The lowest BCUT2D eigenvalue weighted by Crippen LogP contribution is -2.16. The van der Waals surface area contributed by atoms with Crippen LogP contribution in [0.4, 0.5) is 5.69 Å². The standard InChI is InChI=1S/C19H17Cl2N3O2/c20-15-6-5-14(11-16(15)21)12-19(25)23-17-3-1-2-4-18(17)26-10-9-24-8-7-22-13-24/h1-8,11,13H,9-10,12H2,(H,23,25). The fourth-order valence-electron chi connectivity index (χ4n) is 2.41. The molecule has 5 nitrogen and oxygen atoms in total. The number of rotatable bonds is 7. The summed E-state index contributed by atoms with van der Waals surface area (Å²) in [6.07, 6.45) is 5.51. The van der Waals surface area contributed by atoms with Crippen molar-refractivity contribution in [2.45, 2.75) is 13.0 Å². The number of carbonyl (C=O) groups is 1. The third-order valence-electron chi connectivity index (χ3n) is 3.68. The molecule has 0 aliphatic heterocycles.